The van der Waals surface area contributed by atoms with Crippen LogP contribution in [0.4, 0.5) is 17.6 Å². The molecule has 1 aromatic rings. The van der Waals surface area contributed by atoms with Crippen molar-refractivity contribution in [3.05, 3.63) is 37.9 Å². The lowest BCUT2D eigenvalue weighted by atomic mass is 9.85. The second kappa shape index (κ2) is 7.77. The van der Waals surface area contributed by atoms with E-state index in [-0.39, 0.29) is 37.0 Å². The first kappa shape index (κ1) is 22.1. The van der Waals surface area contributed by atoms with Crippen LogP contribution in [-0.2, 0) is 4.74 Å². The number of nitrogens with two attached hydrogens (primary N) is 1. The monoisotopic (exact) mass is 446 g/mol. The largest absolute Gasteiger partial charge is 0.493 e. The van der Waals surface area contributed by atoms with E-state index in [1.54, 1.807) is 11.8 Å². The van der Waals surface area contributed by atoms with Crippen LogP contribution in [0.25, 0.3) is 5.76 Å². The molecule has 2 aliphatic carbocycles. The van der Waals surface area contributed by atoms with Crippen molar-refractivity contribution >= 4 is 5.76 Å². The van der Waals surface area contributed by atoms with E-state index in [1.165, 1.54) is 11.7 Å². The van der Waals surface area contributed by atoms with Gasteiger partial charge < -0.3 is 10.5 Å². The highest BCUT2D eigenvalue weighted by Gasteiger charge is 2.48. The van der Waals surface area contributed by atoms with E-state index in [1.807, 2.05) is 0 Å². The Balaban J connectivity index is 1.79. The number of likely N-dealkylation sites (tertiary alicyclic amines) is 1. The zero-order valence-corrected chi connectivity index (χ0v) is 17.3. The van der Waals surface area contributed by atoms with Crippen molar-refractivity contribution in [1.29, 1.82) is 0 Å². The smallest absolute Gasteiger partial charge is 0.389 e. The van der Waals surface area contributed by atoms with Gasteiger partial charge in [0, 0.05) is 37.2 Å². The summed E-state index contributed by atoms with van der Waals surface area (Å²) in [6.07, 6.45) is -3.81. The number of hydrogen-bond acceptors (Lipinski definition) is 5. The number of nitrogens with one attached hydrogen (secondary N) is 1. The van der Waals surface area contributed by atoms with Gasteiger partial charge in [-0.15, -0.1) is 0 Å². The lowest BCUT2D eigenvalue weighted by molar-refractivity contribution is -0.146. The molecule has 7 nitrogen and oxygen atoms in total. The van der Waals surface area contributed by atoms with Gasteiger partial charge in [-0.1, -0.05) is 6.92 Å². The molecule has 1 aromatic heterocycles. The summed E-state index contributed by atoms with van der Waals surface area (Å²) in [4.78, 5) is 29.0. The Morgan fingerprint density at radius 1 is 1.19 bits per heavy atom. The van der Waals surface area contributed by atoms with Crippen LogP contribution in [0.15, 0.2) is 15.4 Å². The van der Waals surface area contributed by atoms with E-state index in [0.29, 0.717) is 5.69 Å². The molecule has 31 heavy (non-hydrogen) atoms. The molecule has 11 heteroatoms. The molecule has 0 radical (unpaired) electrons. The van der Waals surface area contributed by atoms with Crippen LogP contribution in [-0.4, -0.2) is 53.4 Å². The predicted octanol–water partition coefficient (Wildman–Crippen LogP) is 2.10. The van der Waals surface area contributed by atoms with E-state index in [4.69, 9.17) is 10.5 Å². The maximum absolute atomic E-state index is 15.6. The fourth-order valence-corrected chi connectivity index (χ4v) is 5.22. The number of H-pyrrole nitrogens is 1. The molecule has 4 rings (SSSR count). The number of rotatable bonds is 5. The zero-order valence-electron chi connectivity index (χ0n) is 17.3. The van der Waals surface area contributed by atoms with E-state index >= 15 is 4.39 Å². The maximum Gasteiger partial charge on any atom is 0.389 e. The highest BCUT2D eigenvalue weighted by atomic mass is 19.4. The van der Waals surface area contributed by atoms with Crippen molar-refractivity contribution in [2.75, 3.05) is 26.7 Å². The second-order valence-electron chi connectivity index (χ2n) is 8.76. The third-order valence-electron chi connectivity index (χ3n) is 6.70. The minimum Gasteiger partial charge on any atom is -0.493 e. The summed E-state index contributed by atoms with van der Waals surface area (Å²) in [7, 11) is 1.23. The molecule has 2 fully saturated rings. The Hall–Kier alpha value is -2.14. The lowest BCUT2D eigenvalue weighted by Crippen LogP contribution is -2.46. The van der Waals surface area contributed by atoms with Gasteiger partial charge in [0.25, 0.3) is 5.56 Å². The number of aromatic amines is 1. The average molecular weight is 446 g/mol. The molecule has 0 spiro atoms. The average Bonchev–Trinajstić information content (AvgIpc) is 3.43. The molecule has 1 saturated heterocycles. The van der Waals surface area contributed by atoms with Crippen molar-refractivity contribution in [3.63, 3.8) is 0 Å². The Kier molecular flexibility index (Phi) is 5.53. The number of methoxy groups -OCH3 is 1. The molecule has 4 unspecified atom stereocenters. The normalized spacial score (nSPS) is 29.4. The maximum atomic E-state index is 15.6. The van der Waals surface area contributed by atoms with Crippen molar-refractivity contribution in [2.24, 2.45) is 17.6 Å². The molecule has 4 atom stereocenters. The predicted molar refractivity (Wildman–Crippen MR) is 105 cm³/mol. The van der Waals surface area contributed by atoms with Gasteiger partial charge in [-0.2, -0.15) is 13.2 Å². The number of halogens is 4. The second-order valence-corrected chi connectivity index (χ2v) is 8.76. The molecule has 3 N–H and O–H groups in total. The number of fused-ring (bicyclic) bond motifs is 1. The summed E-state index contributed by atoms with van der Waals surface area (Å²) in [5.41, 5.74) is 4.80. The number of ether oxygens (including phenoxy) is 1. The van der Waals surface area contributed by atoms with Crippen LogP contribution < -0.4 is 17.0 Å². The van der Waals surface area contributed by atoms with E-state index in [9.17, 15) is 22.8 Å². The molecular formula is C20H26F4N4O3. The first-order valence-corrected chi connectivity index (χ1v) is 10.4. The molecule has 0 aromatic carbocycles. The van der Waals surface area contributed by atoms with Crippen LogP contribution in [0.1, 0.15) is 49.4 Å². The van der Waals surface area contributed by atoms with Gasteiger partial charge in [-0.05, 0) is 31.2 Å². The zero-order chi connectivity index (χ0) is 22.7. The molecule has 1 saturated carbocycles. The third kappa shape index (κ3) is 3.82. The summed E-state index contributed by atoms with van der Waals surface area (Å²) in [5.74, 6) is -2.79. The molecule has 172 valence electrons. The first-order chi connectivity index (χ1) is 14.6. The summed E-state index contributed by atoms with van der Waals surface area (Å²) in [6, 6.07) is -1.03. The van der Waals surface area contributed by atoms with Crippen LogP contribution >= 0.6 is 0 Å². The van der Waals surface area contributed by atoms with Gasteiger partial charge in [-0.25, -0.2) is 9.18 Å². The molecule has 1 aliphatic heterocycles. The molecule has 3 aliphatic rings. The Bertz CT molecular complexity index is 1010. The van der Waals surface area contributed by atoms with Gasteiger partial charge >= 0.3 is 11.9 Å². The van der Waals surface area contributed by atoms with E-state index in [0.717, 1.165) is 12.8 Å². The quantitative estimate of drug-likeness (QED) is 0.676. The summed E-state index contributed by atoms with van der Waals surface area (Å²) >= 11 is 0. The van der Waals surface area contributed by atoms with Gasteiger partial charge in [-0.3, -0.25) is 19.2 Å². The highest BCUT2D eigenvalue weighted by molar-refractivity contribution is 5.67. The minimum atomic E-state index is -4.34. The van der Waals surface area contributed by atoms with E-state index < -0.39 is 53.5 Å². The van der Waals surface area contributed by atoms with Crippen LogP contribution in [0.3, 0.4) is 0 Å². The number of hydrogen-bond donors (Lipinski definition) is 2. The fourth-order valence-electron chi connectivity index (χ4n) is 5.22. The summed E-state index contributed by atoms with van der Waals surface area (Å²) in [6.45, 7) is 1.97. The highest BCUT2D eigenvalue weighted by Crippen LogP contribution is 2.46. The summed E-state index contributed by atoms with van der Waals surface area (Å²) < 4.78 is 61.5. The van der Waals surface area contributed by atoms with E-state index in [2.05, 4.69) is 4.98 Å². The Labute approximate surface area is 175 Å². The van der Waals surface area contributed by atoms with Gasteiger partial charge in [0.05, 0.1) is 13.2 Å². The van der Waals surface area contributed by atoms with Crippen LogP contribution in [0.5, 0.6) is 0 Å². The lowest BCUT2D eigenvalue weighted by Gasteiger charge is -2.37. The number of aromatic nitrogens is 2. The van der Waals surface area contributed by atoms with Crippen LogP contribution in [0.2, 0.25) is 0 Å². The van der Waals surface area contributed by atoms with Gasteiger partial charge in [0.1, 0.15) is 5.56 Å². The third-order valence-corrected chi connectivity index (χ3v) is 6.70. The first-order valence-electron chi connectivity index (χ1n) is 10.4. The molecular weight excluding hydrogens is 420 g/mol. The number of nitrogens with zero attached hydrogens (tertiary/aromatic N) is 2. The van der Waals surface area contributed by atoms with Crippen LogP contribution in [0, 0.1) is 11.8 Å². The SMILES string of the molecule is COC1=C(F)C(N2CC(CN)C(CC(F)(F)F)C2)C(C)c2c1c(=O)[nH]c(=O)n2C1CC1. The topological polar surface area (TPSA) is 93.3 Å². The minimum absolute atomic E-state index is 0.0170. The van der Waals surface area contributed by atoms with Crippen molar-refractivity contribution < 1.29 is 22.3 Å². The van der Waals surface area contributed by atoms with Crippen molar-refractivity contribution in [1.82, 2.24) is 14.5 Å². The summed E-state index contributed by atoms with van der Waals surface area (Å²) in [5, 5.41) is 0. The molecule has 2 heterocycles. The van der Waals surface area contributed by atoms with Crippen molar-refractivity contribution in [3.8, 4) is 0 Å². The van der Waals surface area contributed by atoms with Crippen molar-refractivity contribution in [2.45, 2.75) is 50.4 Å². The molecule has 0 bridgehead atoms. The number of alkyl halides is 3. The van der Waals surface area contributed by atoms with Gasteiger partial charge in [0.2, 0.25) is 0 Å². The van der Waals surface area contributed by atoms with Gasteiger partial charge in [0.15, 0.2) is 11.6 Å². The fraction of sp³-hybridized carbons (Fsp3) is 0.700. The Morgan fingerprint density at radius 3 is 2.39 bits per heavy atom. The molecule has 0 amide bonds. The standard InChI is InChI=1S/C20H26F4N4O3/c1-9-15-13(18(29)26-19(30)28(15)12-3-4-12)17(31-2)14(21)16(9)27-7-10(5-20(22,23)24)11(6-25)8-27/h9-12,16H,3-8,25H2,1-2H3,(H,26,29,30). The Morgan fingerprint density at radius 2 is 1.84 bits per heavy atom.